The highest BCUT2D eigenvalue weighted by Crippen LogP contribution is 2.24. The van der Waals surface area contributed by atoms with Gasteiger partial charge in [-0.15, -0.1) is 0 Å². The molecule has 0 amide bonds. The van der Waals surface area contributed by atoms with Crippen LogP contribution in [0.3, 0.4) is 0 Å². The number of nitriles is 1. The van der Waals surface area contributed by atoms with Crippen molar-refractivity contribution in [3.05, 3.63) is 40.7 Å². The van der Waals surface area contributed by atoms with Crippen LogP contribution in [0.5, 0.6) is 5.88 Å². The zero-order chi connectivity index (χ0) is 18.0. The number of ether oxygens (including phenoxy) is 1. The van der Waals surface area contributed by atoms with Crippen LogP contribution in [0, 0.1) is 25.2 Å². The molecule has 3 aromatic heterocycles. The van der Waals surface area contributed by atoms with Crippen LogP contribution in [0.1, 0.15) is 22.5 Å². The molecule has 0 radical (unpaired) electrons. The lowest BCUT2D eigenvalue weighted by atomic mass is 10.2. The zero-order valence-corrected chi connectivity index (χ0v) is 14.4. The summed E-state index contributed by atoms with van der Waals surface area (Å²) >= 11 is 0. The molecular formula is C17H19N7O. The Bertz CT molecular complexity index is 971. The second kappa shape index (κ2) is 6.65. The molecule has 0 saturated carbocycles. The molecule has 0 aromatic carbocycles. The third kappa shape index (κ3) is 3.04. The Morgan fingerprint density at radius 2 is 2.12 bits per heavy atom. The lowest BCUT2D eigenvalue weighted by Crippen LogP contribution is -2.13. The molecule has 128 valence electrons. The minimum atomic E-state index is 0.283. The molecule has 8 nitrogen and oxygen atoms in total. The van der Waals surface area contributed by atoms with E-state index in [1.165, 1.54) is 4.52 Å². The molecule has 3 aromatic rings. The molecule has 0 aliphatic heterocycles. The molecule has 3 N–H and O–H groups in total. The van der Waals surface area contributed by atoms with Crippen molar-refractivity contribution in [2.45, 2.75) is 20.3 Å². The fraction of sp³-hybridized carbons (Fsp3) is 0.294. The second-order valence-electron chi connectivity index (χ2n) is 5.63. The second-order valence-corrected chi connectivity index (χ2v) is 5.63. The number of nitrogens with zero attached hydrogens (tertiary/aromatic N) is 5. The van der Waals surface area contributed by atoms with E-state index in [4.69, 9.17) is 10.5 Å². The molecule has 8 heteroatoms. The van der Waals surface area contributed by atoms with E-state index in [1.807, 2.05) is 26.0 Å². The minimum absolute atomic E-state index is 0.283. The summed E-state index contributed by atoms with van der Waals surface area (Å²) in [6, 6.07) is 7.72. The Balaban J connectivity index is 1.85. The average molecular weight is 337 g/mol. The van der Waals surface area contributed by atoms with Gasteiger partial charge in [0.15, 0.2) is 5.65 Å². The number of rotatable bonds is 5. The van der Waals surface area contributed by atoms with Gasteiger partial charge in [-0.1, -0.05) is 6.07 Å². The van der Waals surface area contributed by atoms with Gasteiger partial charge in [-0.25, -0.2) is 9.97 Å². The number of pyridine rings is 1. The van der Waals surface area contributed by atoms with E-state index in [9.17, 15) is 5.26 Å². The number of hydrogen-bond acceptors (Lipinski definition) is 7. The van der Waals surface area contributed by atoms with Crippen LogP contribution >= 0.6 is 0 Å². The number of fused-ring (bicyclic) bond motifs is 1. The predicted molar refractivity (Wildman–Crippen MR) is 94.6 cm³/mol. The monoisotopic (exact) mass is 337 g/mol. The highest BCUT2D eigenvalue weighted by molar-refractivity contribution is 5.69. The van der Waals surface area contributed by atoms with Gasteiger partial charge < -0.3 is 15.8 Å². The van der Waals surface area contributed by atoms with Crippen LogP contribution < -0.4 is 15.8 Å². The van der Waals surface area contributed by atoms with E-state index in [2.05, 4.69) is 26.5 Å². The van der Waals surface area contributed by atoms with E-state index >= 15 is 0 Å². The van der Waals surface area contributed by atoms with Gasteiger partial charge in [0, 0.05) is 30.3 Å². The van der Waals surface area contributed by atoms with Crippen molar-refractivity contribution in [1.29, 1.82) is 5.26 Å². The molecular weight excluding hydrogens is 318 g/mol. The van der Waals surface area contributed by atoms with Gasteiger partial charge in [0.05, 0.1) is 12.8 Å². The minimum Gasteiger partial charge on any atom is -0.481 e. The van der Waals surface area contributed by atoms with Gasteiger partial charge in [-0.05, 0) is 19.9 Å². The Kier molecular flexibility index (Phi) is 4.39. The Morgan fingerprint density at radius 1 is 1.32 bits per heavy atom. The third-order valence-electron chi connectivity index (χ3n) is 4.04. The smallest absolute Gasteiger partial charge is 0.213 e. The van der Waals surface area contributed by atoms with Crippen LogP contribution in [0.2, 0.25) is 0 Å². The maximum atomic E-state index is 9.44. The number of nitrogen functional groups attached to an aromatic ring is 1. The lowest BCUT2D eigenvalue weighted by molar-refractivity contribution is 0.396. The van der Waals surface area contributed by atoms with Gasteiger partial charge >= 0.3 is 0 Å². The van der Waals surface area contributed by atoms with E-state index in [0.717, 1.165) is 17.0 Å². The predicted octanol–water partition coefficient (Wildman–Crippen LogP) is 1.86. The topological polar surface area (TPSA) is 114 Å². The number of nitrogens with one attached hydrogen (secondary N) is 1. The van der Waals surface area contributed by atoms with Crippen LogP contribution in [-0.2, 0) is 6.42 Å². The average Bonchev–Trinajstić information content (AvgIpc) is 2.91. The van der Waals surface area contributed by atoms with Crippen molar-refractivity contribution < 1.29 is 4.74 Å². The first kappa shape index (κ1) is 16.5. The van der Waals surface area contributed by atoms with Crippen LogP contribution in [0.25, 0.3) is 5.65 Å². The first-order chi connectivity index (χ1) is 12.0. The van der Waals surface area contributed by atoms with E-state index in [1.54, 1.807) is 13.2 Å². The molecule has 3 rings (SSSR count). The number of anilines is 2. The summed E-state index contributed by atoms with van der Waals surface area (Å²) in [5, 5.41) is 17.0. The molecule has 3 heterocycles. The molecule has 0 unspecified atom stereocenters. The SMILES string of the molecule is COc1cccc(CCNc2nc3c(C)c(C)nn3c(N)c2C#N)n1. The van der Waals surface area contributed by atoms with Gasteiger partial charge in [0.2, 0.25) is 5.88 Å². The zero-order valence-electron chi connectivity index (χ0n) is 14.4. The molecule has 0 bridgehead atoms. The van der Waals surface area contributed by atoms with Crippen molar-refractivity contribution >= 4 is 17.3 Å². The molecule has 0 aliphatic carbocycles. The molecule has 0 spiro atoms. The highest BCUT2D eigenvalue weighted by atomic mass is 16.5. The van der Waals surface area contributed by atoms with Crippen molar-refractivity contribution in [2.75, 3.05) is 24.7 Å². The number of aromatic nitrogens is 4. The highest BCUT2D eigenvalue weighted by Gasteiger charge is 2.16. The quantitative estimate of drug-likeness (QED) is 0.730. The van der Waals surface area contributed by atoms with E-state index in [0.29, 0.717) is 30.3 Å². The maximum Gasteiger partial charge on any atom is 0.213 e. The molecule has 25 heavy (non-hydrogen) atoms. The number of nitrogens with two attached hydrogens (primary N) is 1. The van der Waals surface area contributed by atoms with Crippen molar-refractivity contribution in [1.82, 2.24) is 19.6 Å². The summed E-state index contributed by atoms with van der Waals surface area (Å²) in [4.78, 5) is 8.90. The first-order valence-electron chi connectivity index (χ1n) is 7.84. The summed E-state index contributed by atoms with van der Waals surface area (Å²) in [6.07, 6.45) is 0.659. The molecule has 0 fully saturated rings. The van der Waals surface area contributed by atoms with E-state index < -0.39 is 0 Å². The van der Waals surface area contributed by atoms with Crippen molar-refractivity contribution in [3.63, 3.8) is 0 Å². The molecule has 0 saturated heterocycles. The number of aryl methyl sites for hydroxylation is 2. The summed E-state index contributed by atoms with van der Waals surface area (Å²) in [6.45, 7) is 4.38. The fourth-order valence-electron chi connectivity index (χ4n) is 2.54. The lowest BCUT2D eigenvalue weighted by Gasteiger charge is -2.10. The Hall–Kier alpha value is -3.34. The van der Waals surface area contributed by atoms with Gasteiger partial charge in [-0.2, -0.15) is 14.9 Å². The maximum absolute atomic E-state index is 9.44. The van der Waals surface area contributed by atoms with Crippen molar-refractivity contribution in [2.24, 2.45) is 0 Å². The number of hydrogen-bond donors (Lipinski definition) is 2. The standard InChI is InChI=1S/C17H19N7O/c1-10-11(2)23-24-15(19)13(9-18)16(22-17(10)24)20-8-7-12-5-4-6-14(21-12)25-3/h4-6H,7-8,19H2,1-3H3,(H,20,22). The van der Waals surface area contributed by atoms with E-state index in [-0.39, 0.29) is 11.4 Å². The fourth-order valence-corrected chi connectivity index (χ4v) is 2.54. The summed E-state index contributed by atoms with van der Waals surface area (Å²) in [5.41, 5.74) is 9.69. The van der Waals surface area contributed by atoms with Crippen molar-refractivity contribution in [3.8, 4) is 11.9 Å². The first-order valence-corrected chi connectivity index (χ1v) is 7.84. The van der Waals surface area contributed by atoms with Crippen LogP contribution in [-0.4, -0.2) is 33.2 Å². The van der Waals surface area contributed by atoms with Gasteiger partial charge in [0.1, 0.15) is 23.3 Å². The van der Waals surface area contributed by atoms with Gasteiger partial charge in [-0.3, -0.25) is 0 Å². The largest absolute Gasteiger partial charge is 0.481 e. The Morgan fingerprint density at radius 3 is 2.84 bits per heavy atom. The summed E-state index contributed by atoms with van der Waals surface area (Å²) in [5.74, 6) is 1.31. The van der Waals surface area contributed by atoms with Crippen LogP contribution in [0.4, 0.5) is 11.6 Å². The van der Waals surface area contributed by atoms with Gasteiger partial charge in [0.25, 0.3) is 0 Å². The molecule has 0 atom stereocenters. The molecule has 0 aliphatic rings. The summed E-state index contributed by atoms with van der Waals surface area (Å²) in [7, 11) is 1.58. The Labute approximate surface area is 145 Å². The number of methoxy groups -OCH3 is 1. The normalized spacial score (nSPS) is 10.6. The summed E-state index contributed by atoms with van der Waals surface area (Å²) < 4.78 is 6.63. The van der Waals surface area contributed by atoms with Crippen LogP contribution in [0.15, 0.2) is 18.2 Å². The third-order valence-corrected chi connectivity index (χ3v) is 4.04.